The molecule has 0 spiro atoms. The Bertz CT molecular complexity index is 4170. The van der Waals surface area contributed by atoms with Gasteiger partial charge in [0.1, 0.15) is 0 Å². The maximum absolute atomic E-state index is 7.00. The first-order valence-electron chi connectivity index (χ1n) is 27.3. The summed E-state index contributed by atoms with van der Waals surface area (Å²) in [5, 5.41) is 2.60. The summed E-state index contributed by atoms with van der Waals surface area (Å²) < 4.78 is 16.6. The average molecular weight is 1010 g/mol. The number of thiophene rings is 1. The molecule has 2 aliphatic carbocycles. The third kappa shape index (κ3) is 6.31. The Labute approximate surface area is 451 Å². The number of anilines is 5. The van der Waals surface area contributed by atoms with Gasteiger partial charge in [-0.05, 0) is 157 Å². The van der Waals surface area contributed by atoms with Gasteiger partial charge in [0.2, 0.25) is 0 Å². The van der Waals surface area contributed by atoms with E-state index < -0.39 is 0 Å². The van der Waals surface area contributed by atoms with E-state index in [0.29, 0.717) is 5.75 Å². The Hall–Kier alpha value is -7.54. The lowest BCUT2D eigenvalue weighted by molar-refractivity contribution is 0.332. The Morgan fingerprint density at radius 2 is 1.17 bits per heavy atom. The van der Waals surface area contributed by atoms with Gasteiger partial charge in [-0.2, -0.15) is 0 Å². The Kier molecular flexibility index (Phi) is 9.37. The number of ether oxygens (including phenoxy) is 2. The molecule has 76 heavy (non-hydrogen) atoms. The SMILES string of the molecule is Cc1cc2c(cc1N1c3cc4c(cc3B3c5c1cc1c(c5-c5c(ccc6c5sc5ccccc56)N3c3ccc(C(C)(C)C)cc3-c3ccccc3)C(C)(C)c3ccccc3-1)Oc1ccccc1O4)C(C)(C)CCC2(C)C. The first kappa shape index (κ1) is 45.8. The molecular weight excluding hydrogens is 944 g/mol. The van der Waals surface area contributed by atoms with Crippen LogP contribution in [0.25, 0.3) is 53.6 Å². The Morgan fingerprint density at radius 3 is 1.92 bits per heavy atom. The molecule has 0 amide bonds. The van der Waals surface area contributed by atoms with Gasteiger partial charge in [0.05, 0.1) is 0 Å². The molecule has 15 rings (SSSR count). The molecule has 0 saturated carbocycles. The summed E-state index contributed by atoms with van der Waals surface area (Å²) in [5.74, 6) is 2.87. The van der Waals surface area contributed by atoms with Crippen molar-refractivity contribution in [2.75, 3.05) is 9.71 Å². The maximum Gasteiger partial charge on any atom is 0.333 e. The lowest BCUT2D eigenvalue weighted by Crippen LogP contribution is -2.62. The Morgan fingerprint density at radius 1 is 0.513 bits per heavy atom. The van der Waals surface area contributed by atoms with E-state index in [1.165, 1.54) is 121 Å². The summed E-state index contributed by atoms with van der Waals surface area (Å²) in [6.07, 6.45) is 2.28. The van der Waals surface area contributed by atoms with E-state index in [0.717, 1.165) is 35.8 Å². The van der Waals surface area contributed by atoms with Gasteiger partial charge in [-0.3, -0.25) is 0 Å². The number of nitrogens with zero attached hydrogens (tertiary/aromatic N) is 2. The molecule has 0 N–H and O–H groups in total. The summed E-state index contributed by atoms with van der Waals surface area (Å²) in [6, 6.07) is 61.9. The molecule has 0 bridgehead atoms. The van der Waals surface area contributed by atoms with E-state index in [2.05, 4.69) is 218 Å². The van der Waals surface area contributed by atoms with Gasteiger partial charge in [-0.25, -0.2) is 0 Å². The van der Waals surface area contributed by atoms with Crippen molar-refractivity contribution < 1.29 is 9.47 Å². The number of rotatable bonds is 3. The molecule has 0 saturated heterocycles. The van der Waals surface area contributed by atoms with Gasteiger partial charge >= 0.3 is 6.85 Å². The lowest BCUT2D eigenvalue weighted by atomic mass is 9.42. The van der Waals surface area contributed by atoms with Crippen molar-refractivity contribution in [1.29, 1.82) is 0 Å². The molecule has 0 fully saturated rings. The molecule has 0 unspecified atom stereocenters. The lowest BCUT2D eigenvalue weighted by Gasteiger charge is -2.48. The molecular formula is C70H61BN2O2S. The van der Waals surface area contributed by atoms with Crippen LogP contribution < -0.4 is 30.1 Å². The highest BCUT2D eigenvalue weighted by Gasteiger charge is 2.52. The number of hydrogen-bond acceptors (Lipinski definition) is 5. The molecule has 10 aromatic rings. The largest absolute Gasteiger partial charge is 0.450 e. The number of para-hydroxylation sites is 2. The van der Waals surface area contributed by atoms with Crippen molar-refractivity contribution in [1.82, 2.24) is 0 Å². The molecule has 372 valence electrons. The fourth-order valence-corrected chi connectivity index (χ4v) is 15.4. The molecule has 4 nitrogen and oxygen atoms in total. The van der Waals surface area contributed by atoms with E-state index >= 15 is 0 Å². The fraction of sp³-hybridized carbons (Fsp3) is 0.229. The zero-order valence-corrected chi connectivity index (χ0v) is 46.0. The summed E-state index contributed by atoms with van der Waals surface area (Å²) in [5.41, 5.74) is 23.9. The first-order valence-corrected chi connectivity index (χ1v) is 28.1. The zero-order valence-electron chi connectivity index (χ0n) is 45.2. The number of benzene rings is 9. The number of aryl methyl sites for hydroxylation is 1. The highest BCUT2D eigenvalue weighted by Crippen LogP contribution is 2.61. The van der Waals surface area contributed by atoms with Crippen molar-refractivity contribution in [3.05, 3.63) is 197 Å². The van der Waals surface area contributed by atoms with Crippen LogP contribution in [0.1, 0.15) is 109 Å². The van der Waals surface area contributed by atoms with Crippen LogP contribution in [-0.2, 0) is 21.7 Å². The average Bonchev–Trinajstić information content (AvgIpc) is 4.06. The standard InChI is InChI=1S/C70H61BN2O2S/c1-40-34-49-50(69(7,8)33-32-68(49,5)6)37-54(40)72-55-39-60-59(74-57-25-17-18-26-58(57)75-60)38-51(55)71-65-56(72)36-47-43-22-14-16-24-48(43)70(9,10)64(47)63(65)62-53(31-29-45-44-23-15-19-27-61(44)76-66(45)62)73(71)52-30-28-42(67(2,3)4)35-46(52)41-20-12-11-13-21-41/h11-31,34-39H,32-33H2,1-10H3. The van der Waals surface area contributed by atoms with Crippen LogP contribution in [-0.4, -0.2) is 6.85 Å². The van der Waals surface area contributed by atoms with Gasteiger partial charge in [-0.15, -0.1) is 11.3 Å². The third-order valence-corrected chi connectivity index (χ3v) is 19.4. The van der Waals surface area contributed by atoms with Crippen LogP contribution in [0, 0.1) is 6.92 Å². The molecule has 4 heterocycles. The second-order valence-electron chi connectivity index (χ2n) is 25.1. The van der Waals surface area contributed by atoms with Crippen LogP contribution in [0.3, 0.4) is 0 Å². The number of fused-ring (bicyclic) bond motifs is 15. The number of hydrogen-bond donors (Lipinski definition) is 0. The Balaban J connectivity index is 1.14. The van der Waals surface area contributed by atoms with E-state index in [-0.39, 0.29) is 28.5 Å². The zero-order chi connectivity index (χ0) is 51.9. The molecule has 0 radical (unpaired) electrons. The van der Waals surface area contributed by atoms with Gasteiger partial charge in [-0.1, -0.05) is 165 Å². The van der Waals surface area contributed by atoms with Crippen molar-refractivity contribution >= 4 is 77.7 Å². The molecule has 1 aromatic heterocycles. The van der Waals surface area contributed by atoms with E-state index in [4.69, 9.17) is 9.47 Å². The van der Waals surface area contributed by atoms with Crippen molar-refractivity contribution in [3.8, 4) is 56.4 Å². The van der Waals surface area contributed by atoms with Crippen LogP contribution in [0.2, 0.25) is 0 Å². The second kappa shape index (κ2) is 15.5. The minimum Gasteiger partial charge on any atom is -0.450 e. The molecule has 3 aliphatic heterocycles. The topological polar surface area (TPSA) is 24.9 Å². The van der Waals surface area contributed by atoms with Crippen LogP contribution in [0.15, 0.2) is 164 Å². The van der Waals surface area contributed by atoms with Gasteiger partial charge < -0.3 is 19.2 Å². The summed E-state index contributed by atoms with van der Waals surface area (Å²) in [6.45, 7) is 23.8. The van der Waals surface area contributed by atoms with Crippen LogP contribution in [0.5, 0.6) is 23.0 Å². The van der Waals surface area contributed by atoms with Crippen LogP contribution in [0.4, 0.5) is 28.4 Å². The smallest absolute Gasteiger partial charge is 0.333 e. The van der Waals surface area contributed by atoms with E-state index in [9.17, 15) is 0 Å². The molecule has 6 heteroatoms. The van der Waals surface area contributed by atoms with E-state index in [1.54, 1.807) is 0 Å². The van der Waals surface area contributed by atoms with Crippen molar-refractivity contribution in [3.63, 3.8) is 0 Å². The second-order valence-corrected chi connectivity index (χ2v) is 26.2. The summed E-state index contributed by atoms with van der Waals surface area (Å²) >= 11 is 1.94. The minimum absolute atomic E-state index is 0.0130. The quantitative estimate of drug-likeness (QED) is 0.165. The molecule has 0 atom stereocenters. The van der Waals surface area contributed by atoms with Crippen molar-refractivity contribution in [2.45, 2.75) is 104 Å². The van der Waals surface area contributed by atoms with Gasteiger partial charge in [0, 0.05) is 71.2 Å². The molecule has 5 aliphatic rings. The van der Waals surface area contributed by atoms with Gasteiger partial charge in [0.25, 0.3) is 0 Å². The van der Waals surface area contributed by atoms with Crippen LogP contribution >= 0.6 is 11.3 Å². The normalized spacial score (nSPS) is 16.6. The first-order chi connectivity index (χ1) is 36.5. The van der Waals surface area contributed by atoms with Crippen molar-refractivity contribution in [2.24, 2.45) is 0 Å². The minimum atomic E-state index is -0.318. The third-order valence-electron chi connectivity index (χ3n) is 18.2. The maximum atomic E-state index is 7.00. The monoisotopic (exact) mass is 1000 g/mol. The highest BCUT2D eigenvalue weighted by atomic mass is 32.1. The predicted octanol–water partition coefficient (Wildman–Crippen LogP) is 18.6. The van der Waals surface area contributed by atoms with E-state index in [1.807, 2.05) is 35.6 Å². The summed E-state index contributed by atoms with van der Waals surface area (Å²) in [4.78, 5) is 5.37. The predicted molar refractivity (Wildman–Crippen MR) is 321 cm³/mol. The fourth-order valence-electron chi connectivity index (χ4n) is 14.1. The summed E-state index contributed by atoms with van der Waals surface area (Å²) in [7, 11) is 0. The van der Waals surface area contributed by atoms with Gasteiger partial charge in [0.15, 0.2) is 23.0 Å². The highest BCUT2D eigenvalue weighted by molar-refractivity contribution is 7.26. The molecule has 9 aromatic carbocycles.